The number of anilines is 1. The van der Waals surface area contributed by atoms with Crippen LogP contribution < -0.4 is 9.64 Å². The number of halogens is 1. The Morgan fingerprint density at radius 3 is 2.83 bits per heavy atom. The van der Waals surface area contributed by atoms with Crippen molar-refractivity contribution < 1.29 is 19.1 Å². The lowest BCUT2D eigenvalue weighted by molar-refractivity contribution is -0.150. The van der Waals surface area contributed by atoms with Gasteiger partial charge in [0.05, 0.1) is 5.69 Å². The van der Waals surface area contributed by atoms with Gasteiger partial charge in [-0.15, -0.1) is 0 Å². The monoisotopic (exact) mass is 337 g/mol. The first-order chi connectivity index (χ1) is 11.0. The van der Waals surface area contributed by atoms with Crippen molar-refractivity contribution in [2.75, 3.05) is 18.1 Å². The van der Waals surface area contributed by atoms with Crippen molar-refractivity contribution in [1.29, 1.82) is 0 Å². The van der Waals surface area contributed by atoms with Crippen LogP contribution in [0.3, 0.4) is 0 Å². The number of benzene rings is 1. The molecule has 1 amide bonds. The first-order valence-corrected chi connectivity index (χ1v) is 8.33. The fourth-order valence-corrected chi connectivity index (χ4v) is 3.21. The van der Waals surface area contributed by atoms with Crippen LogP contribution in [0.25, 0.3) is 0 Å². The van der Waals surface area contributed by atoms with Crippen LogP contribution in [0, 0.1) is 5.92 Å². The number of hydrogen-bond acceptors (Lipinski definition) is 4. The number of amides is 1. The van der Waals surface area contributed by atoms with Crippen LogP contribution in [0.2, 0.25) is 5.02 Å². The van der Waals surface area contributed by atoms with Crippen LogP contribution in [0.1, 0.15) is 32.6 Å². The summed E-state index contributed by atoms with van der Waals surface area (Å²) in [4.78, 5) is 25.7. The molecule has 0 atom stereocenters. The Balaban J connectivity index is 1.66. The van der Waals surface area contributed by atoms with Crippen LogP contribution in [-0.4, -0.2) is 31.1 Å². The number of fused-ring (bicyclic) bond motifs is 1. The molecule has 1 heterocycles. The highest BCUT2D eigenvalue weighted by molar-refractivity contribution is 6.31. The summed E-state index contributed by atoms with van der Waals surface area (Å²) in [6, 6.07) is 5.02. The van der Waals surface area contributed by atoms with E-state index in [1.165, 1.54) is 4.90 Å². The Morgan fingerprint density at radius 1 is 1.35 bits per heavy atom. The van der Waals surface area contributed by atoms with Gasteiger partial charge in [-0.3, -0.25) is 14.5 Å². The molecule has 1 saturated carbocycles. The van der Waals surface area contributed by atoms with E-state index in [9.17, 15) is 9.59 Å². The Bertz CT molecular complexity index is 611. The number of hydrogen-bond donors (Lipinski definition) is 0. The minimum atomic E-state index is -0.384. The van der Waals surface area contributed by atoms with Crippen LogP contribution in [0.4, 0.5) is 5.69 Å². The Labute approximate surface area is 140 Å². The van der Waals surface area contributed by atoms with Crippen molar-refractivity contribution in [3.8, 4) is 5.75 Å². The molecule has 6 heteroatoms. The maximum atomic E-state index is 12.2. The molecule has 0 radical (unpaired) electrons. The van der Waals surface area contributed by atoms with Gasteiger partial charge in [-0.1, -0.05) is 18.5 Å². The second-order valence-corrected chi connectivity index (χ2v) is 6.69. The van der Waals surface area contributed by atoms with Crippen LogP contribution in [0.15, 0.2) is 18.2 Å². The summed E-state index contributed by atoms with van der Waals surface area (Å²) in [5.74, 6) is 0.591. The van der Waals surface area contributed by atoms with E-state index in [0.29, 0.717) is 22.4 Å². The molecular weight excluding hydrogens is 318 g/mol. The van der Waals surface area contributed by atoms with E-state index in [0.717, 1.165) is 25.7 Å². The summed E-state index contributed by atoms with van der Waals surface area (Å²) in [7, 11) is 0. The quantitative estimate of drug-likeness (QED) is 0.795. The number of esters is 1. The molecule has 23 heavy (non-hydrogen) atoms. The van der Waals surface area contributed by atoms with Crippen LogP contribution >= 0.6 is 11.6 Å². The lowest BCUT2D eigenvalue weighted by Gasteiger charge is -2.30. The van der Waals surface area contributed by atoms with Crippen molar-refractivity contribution >= 4 is 29.2 Å². The summed E-state index contributed by atoms with van der Waals surface area (Å²) in [5.41, 5.74) is 0.517. The van der Waals surface area contributed by atoms with Gasteiger partial charge in [-0.25, -0.2) is 0 Å². The van der Waals surface area contributed by atoms with Crippen molar-refractivity contribution in [3.63, 3.8) is 0 Å². The molecule has 1 aliphatic heterocycles. The predicted octanol–water partition coefficient (Wildman–Crippen LogP) is 3.19. The Morgan fingerprint density at radius 2 is 2.09 bits per heavy atom. The number of nitrogens with zero attached hydrogens (tertiary/aromatic N) is 1. The molecule has 0 bridgehead atoms. The average Bonchev–Trinajstić information content (AvgIpc) is 2.52. The van der Waals surface area contributed by atoms with Crippen molar-refractivity contribution in [2.45, 2.75) is 38.7 Å². The zero-order chi connectivity index (χ0) is 16.4. The summed E-state index contributed by atoms with van der Waals surface area (Å²) < 4.78 is 10.9. The summed E-state index contributed by atoms with van der Waals surface area (Å²) >= 11 is 5.99. The molecule has 0 saturated heterocycles. The fraction of sp³-hybridized carbons (Fsp3) is 0.529. The third-order valence-electron chi connectivity index (χ3n) is 4.41. The molecule has 0 N–H and O–H groups in total. The van der Waals surface area contributed by atoms with E-state index < -0.39 is 0 Å². The van der Waals surface area contributed by atoms with E-state index in [1.54, 1.807) is 18.2 Å². The summed E-state index contributed by atoms with van der Waals surface area (Å²) in [5, 5.41) is 0.488. The van der Waals surface area contributed by atoms with Crippen molar-refractivity contribution in [2.24, 2.45) is 5.92 Å². The van der Waals surface area contributed by atoms with Crippen molar-refractivity contribution in [1.82, 2.24) is 0 Å². The van der Waals surface area contributed by atoms with Gasteiger partial charge in [0.25, 0.3) is 5.91 Å². The highest BCUT2D eigenvalue weighted by Crippen LogP contribution is 2.34. The second kappa shape index (κ2) is 6.79. The van der Waals surface area contributed by atoms with E-state index in [4.69, 9.17) is 21.1 Å². The molecular formula is C17H20ClNO4. The molecule has 124 valence electrons. The molecule has 0 aromatic heterocycles. The summed E-state index contributed by atoms with van der Waals surface area (Å²) in [6.45, 7) is 2.02. The molecule has 2 aliphatic rings. The molecule has 5 nitrogen and oxygen atoms in total. The minimum absolute atomic E-state index is 0.0336. The Kier molecular flexibility index (Phi) is 4.76. The van der Waals surface area contributed by atoms with E-state index in [1.807, 2.05) is 0 Å². The zero-order valence-electron chi connectivity index (χ0n) is 13.1. The SMILES string of the molecule is CC1CCC(OC(=O)CN2C(=O)COc3ccc(Cl)cc32)CC1. The molecule has 1 fully saturated rings. The van der Waals surface area contributed by atoms with Gasteiger partial charge in [0.1, 0.15) is 18.4 Å². The van der Waals surface area contributed by atoms with Gasteiger partial charge in [0.15, 0.2) is 6.61 Å². The third-order valence-corrected chi connectivity index (χ3v) is 4.65. The van der Waals surface area contributed by atoms with Crippen molar-refractivity contribution in [3.05, 3.63) is 23.2 Å². The predicted molar refractivity (Wildman–Crippen MR) is 86.8 cm³/mol. The van der Waals surface area contributed by atoms with Gasteiger partial charge < -0.3 is 9.47 Å². The van der Waals surface area contributed by atoms with Gasteiger partial charge in [-0.05, 0) is 49.8 Å². The zero-order valence-corrected chi connectivity index (χ0v) is 13.8. The normalized spacial score (nSPS) is 23.9. The maximum Gasteiger partial charge on any atom is 0.326 e. The molecule has 1 aliphatic carbocycles. The number of carbonyl (C=O) groups excluding carboxylic acids is 2. The standard InChI is InChI=1S/C17H20ClNO4/c1-11-2-5-13(6-3-11)23-17(21)9-19-14-8-12(18)4-7-15(14)22-10-16(19)20/h4,7-8,11,13H,2-3,5-6,9-10H2,1H3. The third kappa shape index (κ3) is 3.78. The highest BCUT2D eigenvalue weighted by atomic mass is 35.5. The smallest absolute Gasteiger partial charge is 0.326 e. The van der Waals surface area contributed by atoms with Gasteiger partial charge >= 0.3 is 5.97 Å². The number of ether oxygens (including phenoxy) is 2. The summed E-state index contributed by atoms with van der Waals surface area (Å²) in [6.07, 6.45) is 3.91. The molecule has 3 rings (SSSR count). The Hall–Kier alpha value is -1.75. The first-order valence-electron chi connectivity index (χ1n) is 7.95. The lowest BCUT2D eigenvalue weighted by atomic mass is 9.89. The minimum Gasteiger partial charge on any atom is -0.482 e. The second-order valence-electron chi connectivity index (χ2n) is 6.25. The fourth-order valence-electron chi connectivity index (χ4n) is 3.05. The lowest BCUT2D eigenvalue weighted by Crippen LogP contribution is -2.43. The van der Waals surface area contributed by atoms with E-state index >= 15 is 0 Å². The van der Waals surface area contributed by atoms with Gasteiger partial charge in [-0.2, -0.15) is 0 Å². The topological polar surface area (TPSA) is 55.8 Å². The largest absolute Gasteiger partial charge is 0.482 e. The number of rotatable bonds is 3. The van der Waals surface area contributed by atoms with E-state index in [-0.39, 0.29) is 31.1 Å². The molecule has 0 spiro atoms. The van der Waals surface area contributed by atoms with Crippen LogP contribution in [0.5, 0.6) is 5.75 Å². The van der Waals surface area contributed by atoms with Gasteiger partial charge in [0.2, 0.25) is 0 Å². The number of carbonyl (C=O) groups is 2. The maximum absolute atomic E-state index is 12.2. The molecule has 1 aromatic rings. The van der Waals surface area contributed by atoms with Crippen LogP contribution in [-0.2, 0) is 14.3 Å². The average molecular weight is 338 g/mol. The van der Waals surface area contributed by atoms with E-state index in [2.05, 4.69) is 6.92 Å². The first kappa shape index (κ1) is 16.1. The highest BCUT2D eigenvalue weighted by Gasteiger charge is 2.29. The van der Waals surface area contributed by atoms with Gasteiger partial charge in [0, 0.05) is 5.02 Å². The molecule has 1 aromatic carbocycles. The molecule has 0 unspecified atom stereocenters.